The molecule has 1 fully saturated rings. The summed E-state index contributed by atoms with van der Waals surface area (Å²) in [6.45, 7) is 7.92. The second kappa shape index (κ2) is 6.39. The topological polar surface area (TPSA) is 41.0 Å². The maximum atomic E-state index is 4.24. The van der Waals surface area contributed by atoms with Crippen LogP contribution in [0.15, 0.2) is 30.5 Å². The molecular weight excluding hydrogens is 260 g/mol. The third kappa shape index (κ3) is 3.16. The number of piperidine rings is 1. The van der Waals surface area contributed by atoms with Crippen LogP contribution >= 0.6 is 0 Å². The quantitative estimate of drug-likeness (QED) is 0.937. The van der Waals surface area contributed by atoms with E-state index in [0.717, 1.165) is 31.1 Å². The van der Waals surface area contributed by atoms with E-state index in [2.05, 4.69) is 46.4 Å². The predicted octanol–water partition coefficient (Wildman–Crippen LogP) is 2.84. The van der Waals surface area contributed by atoms with Gasteiger partial charge in [-0.3, -0.25) is 0 Å². The van der Waals surface area contributed by atoms with Crippen LogP contribution in [0.25, 0.3) is 10.9 Å². The van der Waals surface area contributed by atoms with E-state index in [1.165, 1.54) is 23.9 Å². The highest BCUT2D eigenvalue weighted by Gasteiger charge is 2.21. The summed E-state index contributed by atoms with van der Waals surface area (Å²) in [6.07, 6.45) is 4.45. The highest BCUT2D eigenvalue weighted by molar-refractivity contribution is 5.90. The minimum atomic E-state index is 0.465. The summed E-state index contributed by atoms with van der Waals surface area (Å²) in [5.74, 6) is 0.764. The maximum absolute atomic E-state index is 4.24. The van der Waals surface area contributed by atoms with E-state index in [1.807, 2.05) is 18.3 Å². The van der Waals surface area contributed by atoms with Gasteiger partial charge in [-0.25, -0.2) is 0 Å². The van der Waals surface area contributed by atoms with Gasteiger partial charge in [0.1, 0.15) is 0 Å². The Kier molecular flexibility index (Phi) is 4.34. The zero-order chi connectivity index (χ0) is 14.7. The molecule has 1 aromatic heterocycles. The molecule has 3 rings (SSSR count). The second-order valence-electron chi connectivity index (χ2n) is 6.19. The van der Waals surface area contributed by atoms with Gasteiger partial charge in [0.2, 0.25) is 0 Å². The van der Waals surface area contributed by atoms with E-state index in [0.29, 0.717) is 6.04 Å². The van der Waals surface area contributed by atoms with Crippen LogP contribution in [0.4, 0.5) is 5.69 Å². The number of anilines is 1. The molecule has 0 aliphatic carbocycles. The minimum absolute atomic E-state index is 0.465. The second-order valence-corrected chi connectivity index (χ2v) is 6.19. The van der Waals surface area contributed by atoms with Crippen molar-refractivity contribution in [2.75, 3.05) is 24.5 Å². The summed E-state index contributed by atoms with van der Waals surface area (Å²) in [7, 11) is 0. The van der Waals surface area contributed by atoms with Crippen molar-refractivity contribution in [1.82, 2.24) is 15.5 Å². The van der Waals surface area contributed by atoms with Crippen LogP contribution in [0.5, 0.6) is 0 Å². The molecule has 1 aliphatic rings. The summed E-state index contributed by atoms with van der Waals surface area (Å²) >= 11 is 0. The lowest BCUT2D eigenvalue weighted by Gasteiger charge is -2.34. The average Bonchev–Trinajstić information content (AvgIpc) is 2.53. The number of aromatic nitrogens is 2. The number of rotatable bonds is 4. The molecular formula is C17H24N4. The van der Waals surface area contributed by atoms with Gasteiger partial charge in [-0.2, -0.15) is 10.2 Å². The zero-order valence-corrected chi connectivity index (χ0v) is 12.9. The molecule has 0 amide bonds. The smallest absolute Gasteiger partial charge is 0.0950 e. The highest BCUT2D eigenvalue weighted by Crippen LogP contribution is 2.28. The number of hydrogen-bond donors (Lipinski definition) is 1. The Morgan fingerprint density at radius 1 is 1.24 bits per heavy atom. The van der Waals surface area contributed by atoms with E-state index < -0.39 is 0 Å². The Bertz CT molecular complexity index is 585. The van der Waals surface area contributed by atoms with Crippen molar-refractivity contribution in [3.63, 3.8) is 0 Å². The Morgan fingerprint density at radius 3 is 2.76 bits per heavy atom. The molecule has 1 N–H and O–H groups in total. The van der Waals surface area contributed by atoms with Crippen LogP contribution in [0.2, 0.25) is 0 Å². The first-order valence-corrected chi connectivity index (χ1v) is 7.93. The molecule has 0 spiro atoms. The van der Waals surface area contributed by atoms with Crippen molar-refractivity contribution in [2.45, 2.75) is 32.7 Å². The van der Waals surface area contributed by atoms with Gasteiger partial charge in [0.05, 0.1) is 17.4 Å². The first-order valence-electron chi connectivity index (χ1n) is 7.93. The summed E-state index contributed by atoms with van der Waals surface area (Å²) in [4.78, 5) is 2.49. The molecule has 0 saturated carbocycles. The normalized spacial score (nSPS) is 16.5. The monoisotopic (exact) mass is 284 g/mol. The Labute approximate surface area is 126 Å². The summed E-state index contributed by atoms with van der Waals surface area (Å²) < 4.78 is 0. The van der Waals surface area contributed by atoms with Crippen LogP contribution in [-0.2, 0) is 0 Å². The molecule has 4 heteroatoms. The summed E-state index contributed by atoms with van der Waals surface area (Å²) in [5.41, 5.74) is 2.19. The Balaban J connectivity index is 1.91. The van der Waals surface area contributed by atoms with Gasteiger partial charge >= 0.3 is 0 Å². The van der Waals surface area contributed by atoms with Gasteiger partial charge in [-0.15, -0.1) is 0 Å². The van der Waals surface area contributed by atoms with Gasteiger partial charge in [0, 0.05) is 18.0 Å². The van der Waals surface area contributed by atoms with Crippen molar-refractivity contribution in [1.29, 1.82) is 0 Å². The molecule has 0 unspecified atom stereocenters. The van der Waals surface area contributed by atoms with Crippen LogP contribution in [0.3, 0.4) is 0 Å². The summed E-state index contributed by atoms with van der Waals surface area (Å²) in [5, 5.41) is 13.1. The molecule has 0 radical (unpaired) electrons. The van der Waals surface area contributed by atoms with Crippen molar-refractivity contribution in [3.8, 4) is 0 Å². The Morgan fingerprint density at radius 2 is 2.00 bits per heavy atom. The predicted molar refractivity (Wildman–Crippen MR) is 87.6 cm³/mol. The third-order valence-corrected chi connectivity index (χ3v) is 4.37. The molecule has 0 atom stereocenters. The van der Waals surface area contributed by atoms with Gasteiger partial charge in [0.25, 0.3) is 0 Å². The molecule has 112 valence electrons. The maximum Gasteiger partial charge on any atom is 0.0950 e. The van der Waals surface area contributed by atoms with Gasteiger partial charge in [-0.1, -0.05) is 18.2 Å². The molecule has 21 heavy (non-hydrogen) atoms. The first-order chi connectivity index (χ1) is 10.3. The van der Waals surface area contributed by atoms with E-state index >= 15 is 0 Å². The van der Waals surface area contributed by atoms with Crippen molar-refractivity contribution in [3.05, 3.63) is 30.5 Å². The number of benzene rings is 1. The number of hydrogen-bond acceptors (Lipinski definition) is 4. The fraction of sp³-hybridized carbons (Fsp3) is 0.529. The fourth-order valence-electron chi connectivity index (χ4n) is 3.15. The Hall–Kier alpha value is -1.68. The van der Waals surface area contributed by atoms with Gasteiger partial charge < -0.3 is 10.2 Å². The van der Waals surface area contributed by atoms with Crippen LogP contribution in [-0.4, -0.2) is 35.9 Å². The van der Waals surface area contributed by atoms with Crippen LogP contribution in [0.1, 0.15) is 26.7 Å². The first kappa shape index (κ1) is 14.3. The number of nitrogens with zero attached hydrogens (tertiary/aromatic N) is 3. The SMILES string of the molecule is CC(C)N(CC1CCNCC1)c1cnnc2ccccc12. The van der Waals surface area contributed by atoms with Crippen LogP contribution in [0, 0.1) is 5.92 Å². The number of fused-ring (bicyclic) bond motifs is 1. The highest BCUT2D eigenvalue weighted by atomic mass is 15.2. The van der Waals surface area contributed by atoms with Crippen molar-refractivity contribution >= 4 is 16.6 Å². The lowest BCUT2D eigenvalue weighted by Crippen LogP contribution is -2.39. The lowest BCUT2D eigenvalue weighted by atomic mass is 9.96. The number of nitrogens with one attached hydrogen (secondary N) is 1. The largest absolute Gasteiger partial charge is 0.367 e. The zero-order valence-electron chi connectivity index (χ0n) is 12.9. The van der Waals surface area contributed by atoms with E-state index in [4.69, 9.17) is 0 Å². The molecule has 1 saturated heterocycles. The van der Waals surface area contributed by atoms with Crippen molar-refractivity contribution < 1.29 is 0 Å². The fourth-order valence-corrected chi connectivity index (χ4v) is 3.15. The molecule has 1 aromatic carbocycles. The molecule has 1 aliphatic heterocycles. The van der Waals surface area contributed by atoms with E-state index in [-0.39, 0.29) is 0 Å². The van der Waals surface area contributed by atoms with Gasteiger partial charge in [-0.05, 0) is 51.8 Å². The molecule has 0 bridgehead atoms. The van der Waals surface area contributed by atoms with E-state index in [9.17, 15) is 0 Å². The molecule has 2 heterocycles. The summed E-state index contributed by atoms with van der Waals surface area (Å²) in [6, 6.07) is 8.75. The average molecular weight is 284 g/mol. The van der Waals surface area contributed by atoms with Crippen LogP contribution < -0.4 is 10.2 Å². The standard InChI is InChI=1S/C17H24N4/c1-13(2)21(12-14-7-9-18-10-8-14)17-11-19-20-16-6-4-3-5-15(16)17/h3-6,11,13-14,18H,7-10,12H2,1-2H3. The van der Waals surface area contributed by atoms with E-state index in [1.54, 1.807) is 0 Å². The minimum Gasteiger partial charge on any atom is -0.367 e. The third-order valence-electron chi connectivity index (χ3n) is 4.37. The molecule has 2 aromatic rings. The van der Waals surface area contributed by atoms with Crippen molar-refractivity contribution in [2.24, 2.45) is 5.92 Å². The lowest BCUT2D eigenvalue weighted by molar-refractivity contribution is 0.368. The molecule has 4 nitrogen and oxygen atoms in total. The van der Waals surface area contributed by atoms with Gasteiger partial charge in [0.15, 0.2) is 0 Å².